The number of nitrogens with zero attached hydrogens (tertiary/aromatic N) is 2. The molecule has 0 aliphatic heterocycles. The Morgan fingerprint density at radius 3 is 1.36 bits per heavy atom. The predicted molar refractivity (Wildman–Crippen MR) is 123 cm³/mol. The maximum Gasteiger partial charge on any atom is -1.00 e. The maximum atomic E-state index is 4.72. The van der Waals surface area contributed by atoms with Crippen molar-refractivity contribution < 1.29 is 48.0 Å². The van der Waals surface area contributed by atoms with E-state index in [9.17, 15) is 0 Å². The summed E-state index contributed by atoms with van der Waals surface area (Å²) >= 11 is -1.02. The first-order valence-electron chi connectivity index (χ1n) is 10.6. The summed E-state index contributed by atoms with van der Waals surface area (Å²) in [6.45, 7) is 0. The molecular weight excluding hydrogens is 526 g/mol. The first-order chi connectivity index (χ1) is 15.4. The number of hydrogen-bond donors (Lipinski definition) is 0. The smallest absolute Gasteiger partial charge is 1.00 e. The average Bonchev–Trinajstić information content (AvgIpc) is 3.40. The van der Waals surface area contributed by atoms with E-state index in [1.54, 1.807) is 0 Å². The van der Waals surface area contributed by atoms with Crippen molar-refractivity contribution >= 4 is 23.3 Å². The minimum atomic E-state index is -1.02. The third kappa shape index (κ3) is 4.43. The van der Waals surface area contributed by atoms with Crippen molar-refractivity contribution in [3.05, 3.63) is 131 Å². The first kappa shape index (κ1) is 23.8. The zero-order valence-electron chi connectivity index (χ0n) is 17.7. The molecule has 5 heteroatoms. The topological polar surface area (TPSA) is 25.8 Å². The third-order valence-corrected chi connectivity index (χ3v) is 10.8. The molecule has 2 aliphatic rings. The molecule has 2 aliphatic carbocycles. The van der Waals surface area contributed by atoms with Crippen LogP contribution in [0.2, 0.25) is 0 Å². The Morgan fingerprint density at radius 1 is 0.515 bits per heavy atom. The molecule has 0 saturated heterocycles. The van der Waals surface area contributed by atoms with Gasteiger partial charge in [0, 0.05) is 0 Å². The molecule has 2 heterocycles. The Morgan fingerprint density at radius 2 is 0.939 bits per heavy atom. The molecule has 2 unspecified atom stereocenters. The molecule has 0 bridgehead atoms. The van der Waals surface area contributed by atoms with Crippen LogP contribution in [-0.2, 0) is 23.2 Å². The quantitative estimate of drug-likeness (QED) is 0.372. The zero-order valence-corrected chi connectivity index (χ0v) is 21.7. The number of benzene rings is 2. The van der Waals surface area contributed by atoms with Gasteiger partial charge in [-0.25, -0.2) is 0 Å². The van der Waals surface area contributed by atoms with Gasteiger partial charge in [0.15, 0.2) is 0 Å². The van der Waals surface area contributed by atoms with Gasteiger partial charge in [0.2, 0.25) is 0 Å². The summed E-state index contributed by atoms with van der Waals surface area (Å²) in [4.78, 5) is 9.44. The van der Waals surface area contributed by atoms with Gasteiger partial charge in [-0.05, 0) is 0 Å². The third-order valence-electron chi connectivity index (χ3n) is 6.11. The number of aromatic nitrogens is 2. The molecule has 4 aromatic rings. The average molecular weight is 547 g/mol. The number of halogens is 2. The van der Waals surface area contributed by atoms with Crippen LogP contribution in [0.1, 0.15) is 40.9 Å². The van der Waals surface area contributed by atoms with Crippen molar-refractivity contribution in [2.24, 2.45) is 0 Å². The van der Waals surface area contributed by atoms with Crippen LogP contribution in [-0.4, -0.2) is 9.97 Å². The Labute approximate surface area is 218 Å². The summed E-state index contributed by atoms with van der Waals surface area (Å²) in [5, 5.41) is 0. The molecule has 6 rings (SSSR count). The second-order valence-corrected chi connectivity index (χ2v) is 11.6. The summed E-state index contributed by atoms with van der Waals surface area (Å²) in [6.07, 6.45) is 8.55. The monoisotopic (exact) mass is 544 g/mol. The van der Waals surface area contributed by atoms with Crippen molar-refractivity contribution in [1.29, 1.82) is 0 Å². The van der Waals surface area contributed by atoms with E-state index in [-0.39, 0.29) is 24.8 Å². The molecule has 0 spiro atoms. The minimum absolute atomic E-state index is 0. The van der Waals surface area contributed by atoms with Gasteiger partial charge < -0.3 is 24.8 Å². The van der Waals surface area contributed by atoms with Gasteiger partial charge in [-0.15, -0.1) is 0 Å². The van der Waals surface area contributed by atoms with E-state index in [1.807, 2.05) is 24.5 Å². The largest absolute Gasteiger partial charge is 1.00 e. The van der Waals surface area contributed by atoms with E-state index in [4.69, 9.17) is 9.97 Å². The van der Waals surface area contributed by atoms with Gasteiger partial charge in [-0.2, -0.15) is 0 Å². The van der Waals surface area contributed by atoms with Crippen molar-refractivity contribution in [1.82, 2.24) is 9.97 Å². The number of pyridine rings is 2. The fourth-order valence-corrected chi connectivity index (χ4v) is 9.70. The van der Waals surface area contributed by atoms with Crippen LogP contribution in [0.25, 0.3) is 23.3 Å². The van der Waals surface area contributed by atoms with Gasteiger partial charge in [-0.3, -0.25) is 0 Å². The van der Waals surface area contributed by atoms with E-state index in [0.717, 1.165) is 11.4 Å². The molecule has 2 aromatic heterocycles. The molecular formula is C28H20Cl2N2Zr. The molecule has 0 N–H and O–H groups in total. The van der Waals surface area contributed by atoms with Gasteiger partial charge in [-0.1, -0.05) is 0 Å². The molecule has 0 fully saturated rings. The zero-order chi connectivity index (χ0) is 20.6. The van der Waals surface area contributed by atoms with Gasteiger partial charge in [0.1, 0.15) is 0 Å². The summed E-state index contributed by atoms with van der Waals surface area (Å²) in [6, 6.07) is 30.3. The number of rotatable bonds is 4. The van der Waals surface area contributed by atoms with Crippen molar-refractivity contribution in [2.75, 3.05) is 0 Å². The standard InChI is InChI=1S/2C14H10N.2ClH.Zr/c2*1-2-6-12-10-13(9-11(12)5-1)14-7-3-4-8-15-14;;;/h2*1-10H;2*1H;/q;;;;+2/p-2. The van der Waals surface area contributed by atoms with E-state index >= 15 is 0 Å². The van der Waals surface area contributed by atoms with Crippen LogP contribution in [0.4, 0.5) is 0 Å². The Bertz CT molecular complexity index is 1220. The SMILES string of the molecule is C1=C(c2ccccn2)[CH]([Zr+2][CH]2C(c3ccccn3)=Cc3ccccc32)c2ccccc21.[Cl-].[Cl-]. The molecule has 160 valence electrons. The second-order valence-electron chi connectivity index (χ2n) is 7.92. The normalized spacial score (nSPS) is 17.5. The molecule has 0 amide bonds. The van der Waals surface area contributed by atoms with Crippen molar-refractivity contribution in [3.63, 3.8) is 0 Å². The summed E-state index contributed by atoms with van der Waals surface area (Å²) in [7, 11) is 0. The second kappa shape index (κ2) is 10.3. The molecule has 0 radical (unpaired) electrons. The number of fused-ring (bicyclic) bond motifs is 2. The van der Waals surface area contributed by atoms with Crippen LogP contribution in [0.3, 0.4) is 0 Å². The van der Waals surface area contributed by atoms with Crippen LogP contribution in [0, 0.1) is 0 Å². The Kier molecular flexibility index (Phi) is 7.44. The molecule has 2 nitrogen and oxygen atoms in total. The molecule has 0 saturated carbocycles. The maximum absolute atomic E-state index is 4.72. The molecule has 2 aromatic carbocycles. The summed E-state index contributed by atoms with van der Waals surface area (Å²) in [5.74, 6) is 0. The van der Waals surface area contributed by atoms with Crippen molar-refractivity contribution in [3.8, 4) is 0 Å². The van der Waals surface area contributed by atoms with E-state index in [1.165, 1.54) is 33.4 Å². The predicted octanol–water partition coefficient (Wildman–Crippen LogP) is 0.458. The first-order valence-corrected chi connectivity index (χ1v) is 13.4. The van der Waals surface area contributed by atoms with Crippen LogP contribution < -0.4 is 24.8 Å². The summed E-state index contributed by atoms with van der Waals surface area (Å²) in [5.41, 5.74) is 10.6. The van der Waals surface area contributed by atoms with Crippen LogP contribution in [0.15, 0.2) is 97.3 Å². The summed E-state index contributed by atoms with van der Waals surface area (Å²) < 4.78 is 0.941. The van der Waals surface area contributed by atoms with E-state index in [0.29, 0.717) is 7.25 Å². The fourth-order valence-electron chi connectivity index (χ4n) is 4.68. The van der Waals surface area contributed by atoms with Gasteiger partial charge >= 0.3 is 195 Å². The van der Waals surface area contributed by atoms with Crippen LogP contribution >= 0.6 is 0 Å². The Hall–Kier alpha value is -2.32. The molecule has 2 atom stereocenters. The number of hydrogen-bond acceptors (Lipinski definition) is 2. The van der Waals surface area contributed by atoms with Crippen molar-refractivity contribution in [2.45, 2.75) is 7.25 Å². The minimum Gasteiger partial charge on any atom is -1.00 e. The van der Waals surface area contributed by atoms with Gasteiger partial charge in [0.05, 0.1) is 0 Å². The van der Waals surface area contributed by atoms with Crippen LogP contribution in [0.5, 0.6) is 0 Å². The van der Waals surface area contributed by atoms with E-state index < -0.39 is 23.2 Å². The van der Waals surface area contributed by atoms with Gasteiger partial charge in [0.25, 0.3) is 0 Å². The Balaban J connectivity index is 0.00000130. The van der Waals surface area contributed by atoms with E-state index in [2.05, 4.69) is 84.9 Å². The molecule has 33 heavy (non-hydrogen) atoms. The number of allylic oxidation sites excluding steroid dienone is 2. The fraction of sp³-hybridized carbons (Fsp3) is 0.0714.